The minimum Gasteiger partial charge on any atom is -0.598 e. The van der Waals surface area contributed by atoms with Gasteiger partial charge in [-0.25, -0.2) is 23.1 Å². The Bertz CT molecular complexity index is 993. The molecule has 2 atom stereocenters. The molecular formula is C23H35F2N5O3S. The minimum atomic E-state index is -2.68. The van der Waals surface area contributed by atoms with Crippen LogP contribution in [0.25, 0.3) is 5.65 Å². The molecule has 3 rings (SSSR count). The molecule has 0 bridgehead atoms. The quantitative estimate of drug-likeness (QED) is 0.560. The van der Waals surface area contributed by atoms with Crippen LogP contribution in [-0.4, -0.2) is 41.5 Å². The van der Waals surface area contributed by atoms with E-state index in [0.29, 0.717) is 17.9 Å². The van der Waals surface area contributed by atoms with Gasteiger partial charge in [-0.1, -0.05) is 0 Å². The number of aromatic nitrogens is 3. The lowest BCUT2D eigenvalue weighted by molar-refractivity contribution is -0.0500. The molecule has 2 aromatic rings. The Morgan fingerprint density at radius 2 is 1.94 bits per heavy atom. The number of imidazole rings is 1. The van der Waals surface area contributed by atoms with Gasteiger partial charge in [0.25, 0.3) is 0 Å². The third-order valence-electron chi connectivity index (χ3n) is 5.58. The van der Waals surface area contributed by atoms with Gasteiger partial charge in [-0.05, 0) is 71.9 Å². The fourth-order valence-electron chi connectivity index (χ4n) is 3.81. The molecule has 1 saturated carbocycles. The van der Waals surface area contributed by atoms with Crippen LogP contribution in [-0.2, 0) is 22.6 Å². The number of ether oxygens (including phenoxy) is 1. The number of halogens is 2. The summed E-state index contributed by atoms with van der Waals surface area (Å²) in [7, 11) is 0. The molecule has 1 unspecified atom stereocenters. The van der Waals surface area contributed by atoms with E-state index in [1.807, 2.05) is 26.8 Å². The van der Waals surface area contributed by atoms with Crippen molar-refractivity contribution < 1.29 is 22.9 Å². The molecule has 34 heavy (non-hydrogen) atoms. The number of carbonyl (C=O) groups excluding carboxylic acids is 1. The van der Waals surface area contributed by atoms with Gasteiger partial charge in [0.15, 0.2) is 5.65 Å². The fourth-order valence-corrected chi connectivity index (χ4v) is 4.54. The molecule has 0 saturated heterocycles. The monoisotopic (exact) mass is 499 g/mol. The van der Waals surface area contributed by atoms with Crippen LogP contribution in [0, 0.1) is 5.92 Å². The van der Waals surface area contributed by atoms with Crippen LogP contribution in [0.1, 0.15) is 84.5 Å². The third-order valence-corrected chi connectivity index (χ3v) is 7.10. The van der Waals surface area contributed by atoms with E-state index >= 15 is 0 Å². The van der Waals surface area contributed by atoms with Gasteiger partial charge in [0, 0.05) is 24.2 Å². The molecule has 1 aliphatic rings. The number of nitrogens with zero attached hydrogens (tertiary/aromatic N) is 3. The number of fused-ring (bicyclic) bond motifs is 1. The maximum Gasteiger partial charge on any atom is 0.408 e. The average Bonchev–Trinajstić information content (AvgIpc) is 3.11. The van der Waals surface area contributed by atoms with Gasteiger partial charge in [-0.15, -0.1) is 4.72 Å². The molecule has 0 radical (unpaired) electrons. The van der Waals surface area contributed by atoms with Gasteiger partial charge >= 0.3 is 6.09 Å². The normalized spacial score (nSPS) is 19.1. The first-order chi connectivity index (χ1) is 15.6. The summed E-state index contributed by atoms with van der Waals surface area (Å²) >= 11 is -1.23. The summed E-state index contributed by atoms with van der Waals surface area (Å²) in [5.74, 6) is -2.88. The van der Waals surface area contributed by atoms with Gasteiger partial charge in [0.1, 0.15) is 10.3 Å². The summed E-state index contributed by atoms with van der Waals surface area (Å²) in [5, 5.41) is 7.24. The molecule has 190 valence electrons. The predicted molar refractivity (Wildman–Crippen MR) is 127 cm³/mol. The Morgan fingerprint density at radius 3 is 2.53 bits per heavy atom. The highest BCUT2D eigenvalue weighted by molar-refractivity contribution is 7.90. The number of hydrogen-bond donors (Lipinski definition) is 2. The highest BCUT2D eigenvalue weighted by atomic mass is 32.2. The van der Waals surface area contributed by atoms with Crippen LogP contribution >= 0.6 is 0 Å². The highest BCUT2D eigenvalue weighted by Gasteiger charge is 2.39. The molecule has 0 aromatic carbocycles. The van der Waals surface area contributed by atoms with Crippen LogP contribution < -0.4 is 10.0 Å². The van der Waals surface area contributed by atoms with Crippen LogP contribution in [0.4, 0.5) is 13.6 Å². The molecule has 1 aliphatic carbocycles. The van der Waals surface area contributed by atoms with Crippen LogP contribution in [0.3, 0.4) is 0 Å². The second-order valence-electron chi connectivity index (χ2n) is 10.9. The Balaban J connectivity index is 1.82. The first-order valence-electron chi connectivity index (χ1n) is 11.5. The van der Waals surface area contributed by atoms with Crippen LogP contribution in [0.2, 0.25) is 0 Å². The summed E-state index contributed by atoms with van der Waals surface area (Å²) in [6.07, 6.45) is 2.82. The van der Waals surface area contributed by atoms with Crippen molar-refractivity contribution in [3.63, 3.8) is 0 Å². The summed E-state index contributed by atoms with van der Waals surface area (Å²) < 4.78 is 49.4. The van der Waals surface area contributed by atoms with Gasteiger partial charge in [-0.3, -0.25) is 0 Å². The third kappa shape index (κ3) is 7.26. The number of hydrogen-bond acceptors (Lipinski definition) is 6. The number of nitrogens with one attached hydrogen (secondary N) is 2. The number of carbonyl (C=O) groups is 1. The molecule has 2 aromatic heterocycles. The smallest absolute Gasteiger partial charge is 0.408 e. The second kappa shape index (κ2) is 9.94. The number of alkyl carbamates (subject to hydrolysis) is 1. The number of alkyl halides is 2. The maximum absolute atomic E-state index is 13.8. The zero-order valence-corrected chi connectivity index (χ0v) is 21.5. The van der Waals surface area contributed by atoms with E-state index in [-0.39, 0.29) is 31.6 Å². The van der Waals surface area contributed by atoms with E-state index in [9.17, 15) is 18.1 Å². The summed E-state index contributed by atoms with van der Waals surface area (Å²) in [6.45, 7) is 11.3. The van der Waals surface area contributed by atoms with Crippen molar-refractivity contribution in [1.29, 1.82) is 0 Å². The van der Waals surface area contributed by atoms with Crippen molar-refractivity contribution in [1.82, 2.24) is 24.6 Å². The molecule has 2 N–H and O–H groups in total. The lowest BCUT2D eigenvalue weighted by atomic mass is 9.81. The van der Waals surface area contributed by atoms with Crippen molar-refractivity contribution in [2.75, 3.05) is 0 Å². The van der Waals surface area contributed by atoms with E-state index in [2.05, 4.69) is 20.1 Å². The van der Waals surface area contributed by atoms with Crippen molar-refractivity contribution in [2.24, 2.45) is 5.92 Å². The Labute approximate surface area is 202 Å². The van der Waals surface area contributed by atoms with Gasteiger partial charge in [0.05, 0.1) is 30.7 Å². The molecule has 2 heterocycles. The highest BCUT2D eigenvalue weighted by Crippen LogP contribution is 2.41. The second-order valence-corrected chi connectivity index (χ2v) is 12.9. The van der Waals surface area contributed by atoms with E-state index < -0.39 is 39.8 Å². The van der Waals surface area contributed by atoms with Crippen molar-refractivity contribution in [2.45, 2.75) is 96.1 Å². The molecular weight excluding hydrogens is 464 g/mol. The first-order valence-corrected chi connectivity index (χ1v) is 12.6. The fraction of sp³-hybridized carbons (Fsp3) is 0.696. The van der Waals surface area contributed by atoms with Crippen molar-refractivity contribution in [3.8, 4) is 0 Å². The summed E-state index contributed by atoms with van der Waals surface area (Å²) in [6, 6.07) is 1.24. The number of amides is 1. The van der Waals surface area contributed by atoms with Crippen molar-refractivity contribution in [3.05, 3.63) is 29.7 Å². The molecule has 8 nitrogen and oxygen atoms in total. The maximum atomic E-state index is 13.8. The van der Waals surface area contributed by atoms with E-state index in [1.54, 1.807) is 37.7 Å². The zero-order valence-electron chi connectivity index (χ0n) is 20.7. The van der Waals surface area contributed by atoms with Gasteiger partial charge in [-0.2, -0.15) is 5.10 Å². The molecule has 11 heteroatoms. The van der Waals surface area contributed by atoms with E-state index in [1.165, 1.54) is 0 Å². The van der Waals surface area contributed by atoms with E-state index in [4.69, 9.17) is 4.74 Å². The Hall–Kier alpha value is -1.98. The minimum absolute atomic E-state index is 0.201. The molecule has 0 spiro atoms. The van der Waals surface area contributed by atoms with Crippen LogP contribution in [0.5, 0.6) is 0 Å². The predicted octanol–water partition coefficient (Wildman–Crippen LogP) is 4.67. The number of rotatable bonds is 6. The lowest BCUT2D eigenvalue weighted by Gasteiger charge is -2.33. The van der Waals surface area contributed by atoms with Gasteiger partial charge in [0.2, 0.25) is 5.92 Å². The zero-order chi connectivity index (χ0) is 25.3. The average molecular weight is 500 g/mol. The lowest BCUT2D eigenvalue weighted by Crippen LogP contribution is -2.40. The SMILES string of the molecule is CC(C)(C)OC(=O)N[C@H](c1cn2ncc(CN[S+]([O-])C(C)(C)C)cc2n1)C1CCC(F)(F)CC1. The van der Waals surface area contributed by atoms with Crippen LogP contribution in [0.15, 0.2) is 18.5 Å². The van der Waals surface area contributed by atoms with Gasteiger partial charge < -0.3 is 14.6 Å². The molecule has 1 amide bonds. The Morgan fingerprint density at radius 1 is 1.29 bits per heavy atom. The summed E-state index contributed by atoms with van der Waals surface area (Å²) in [4.78, 5) is 17.2. The Kier molecular flexibility index (Phi) is 7.79. The standard InChI is InChI=1S/C23H35F2N5O3S/c1-21(2,3)33-20(31)29-19(16-7-9-23(24,25)10-8-16)17-14-30-18(28-17)11-15(12-26-30)13-27-34(32)22(4,5)6/h11-12,14,16,19,27H,7-10,13H2,1-6H3,(H,29,31)/t19-,34?/m0/s1. The molecule has 1 fully saturated rings. The summed E-state index contributed by atoms with van der Waals surface area (Å²) in [5.41, 5.74) is 1.20. The van der Waals surface area contributed by atoms with Crippen molar-refractivity contribution >= 4 is 23.1 Å². The first kappa shape index (κ1) is 26.6. The topological polar surface area (TPSA) is 104 Å². The largest absolute Gasteiger partial charge is 0.598 e. The molecule has 0 aliphatic heterocycles. The van der Waals surface area contributed by atoms with E-state index in [0.717, 1.165) is 5.56 Å².